The molecule has 0 radical (unpaired) electrons. The van der Waals surface area contributed by atoms with Gasteiger partial charge in [-0.1, -0.05) is 34.6 Å². The van der Waals surface area contributed by atoms with Gasteiger partial charge in [-0.3, -0.25) is 4.79 Å². The minimum absolute atomic E-state index is 0.0798. The number of hydrogen-bond acceptors (Lipinski definition) is 2. The normalized spacial score (nSPS) is 22.2. The van der Waals surface area contributed by atoms with Gasteiger partial charge in [-0.05, 0) is 37.0 Å². The highest BCUT2D eigenvalue weighted by Gasteiger charge is 2.30. The van der Waals surface area contributed by atoms with Crippen molar-refractivity contribution in [2.24, 2.45) is 11.3 Å². The first-order valence-electron chi connectivity index (χ1n) is 7.22. The van der Waals surface area contributed by atoms with Gasteiger partial charge in [-0.25, -0.2) is 0 Å². The van der Waals surface area contributed by atoms with E-state index in [-0.39, 0.29) is 23.5 Å². The predicted molar refractivity (Wildman–Crippen MR) is 74.4 cm³/mol. The van der Waals surface area contributed by atoms with Gasteiger partial charge < -0.3 is 10.1 Å². The molecule has 1 heterocycles. The maximum absolute atomic E-state index is 12.1. The smallest absolute Gasteiger partial charge is 0.249 e. The third-order valence-corrected chi connectivity index (χ3v) is 3.62. The number of rotatable bonds is 5. The first-order valence-corrected chi connectivity index (χ1v) is 7.22. The van der Waals surface area contributed by atoms with E-state index in [0.717, 1.165) is 32.3 Å². The lowest BCUT2D eigenvalue weighted by atomic mass is 9.82. The summed E-state index contributed by atoms with van der Waals surface area (Å²) < 4.78 is 5.44. The van der Waals surface area contributed by atoms with Gasteiger partial charge in [0.25, 0.3) is 0 Å². The van der Waals surface area contributed by atoms with Crippen molar-refractivity contribution in [2.45, 2.75) is 72.4 Å². The number of carbonyl (C=O) groups excluding carboxylic acids is 1. The van der Waals surface area contributed by atoms with E-state index in [1.54, 1.807) is 0 Å². The van der Waals surface area contributed by atoms with Gasteiger partial charge in [-0.15, -0.1) is 0 Å². The van der Waals surface area contributed by atoms with Crippen LogP contribution in [0.1, 0.15) is 60.3 Å². The Kier molecular flexibility index (Phi) is 5.64. The SMILES string of the molecule is CC(C)CCC(NC(=O)C1CCCO1)C(C)(C)C. The number of amides is 1. The standard InChI is InChI=1S/C15H29NO2/c1-11(2)8-9-13(15(3,4)5)16-14(17)12-7-6-10-18-12/h11-13H,6-10H2,1-5H3,(H,16,17). The summed E-state index contributed by atoms with van der Waals surface area (Å²) in [6.07, 6.45) is 3.85. The van der Waals surface area contributed by atoms with Crippen molar-refractivity contribution >= 4 is 5.91 Å². The lowest BCUT2D eigenvalue weighted by Crippen LogP contribution is -2.47. The van der Waals surface area contributed by atoms with E-state index in [9.17, 15) is 4.79 Å². The van der Waals surface area contributed by atoms with Gasteiger partial charge in [0.1, 0.15) is 6.10 Å². The van der Waals surface area contributed by atoms with Crippen LogP contribution in [0.5, 0.6) is 0 Å². The Balaban J connectivity index is 2.52. The van der Waals surface area contributed by atoms with Gasteiger partial charge >= 0.3 is 0 Å². The first kappa shape index (κ1) is 15.5. The van der Waals surface area contributed by atoms with Crippen LogP contribution in [0.25, 0.3) is 0 Å². The number of ether oxygens (including phenoxy) is 1. The van der Waals surface area contributed by atoms with Crippen LogP contribution in [-0.4, -0.2) is 24.7 Å². The van der Waals surface area contributed by atoms with Gasteiger partial charge in [0, 0.05) is 12.6 Å². The minimum Gasteiger partial charge on any atom is -0.368 e. The maximum Gasteiger partial charge on any atom is 0.249 e. The molecule has 1 N–H and O–H groups in total. The molecule has 2 unspecified atom stereocenters. The molecule has 0 aromatic rings. The van der Waals surface area contributed by atoms with E-state index in [2.05, 4.69) is 39.9 Å². The van der Waals surface area contributed by atoms with E-state index in [0.29, 0.717) is 5.92 Å². The minimum atomic E-state index is -0.214. The Morgan fingerprint density at radius 3 is 2.44 bits per heavy atom. The third kappa shape index (κ3) is 4.97. The summed E-state index contributed by atoms with van der Waals surface area (Å²) in [5, 5.41) is 3.19. The summed E-state index contributed by atoms with van der Waals surface area (Å²) in [4.78, 5) is 12.1. The van der Waals surface area contributed by atoms with Gasteiger partial charge in [0.15, 0.2) is 0 Å². The maximum atomic E-state index is 12.1. The lowest BCUT2D eigenvalue weighted by molar-refractivity contribution is -0.131. The van der Waals surface area contributed by atoms with Crippen molar-refractivity contribution in [3.8, 4) is 0 Å². The van der Waals surface area contributed by atoms with Crippen LogP contribution >= 0.6 is 0 Å². The molecule has 0 aromatic heterocycles. The average molecular weight is 255 g/mol. The zero-order chi connectivity index (χ0) is 13.8. The molecule has 18 heavy (non-hydrogen) atoms. The molecule has 2 atom stereocenters. The Hall–Kier alpha value is -0.570. The van der Waals surface area contributed by atoms with Crippen molar-refractivity contribution in [1.82, 2.24) is 5.32 Å². The van der Waals surface area contributed by atoms with E-state index in [1.807, 2.05) is 0 Å². The van der Waals surface area contributed by atoms with Crippen LogP contribution in [0.2, 0.25) is 0 Å². The second kappa shape index (κ2) is 6.55. The van der Waals surface area contributed by atoms with Crippen molar-refractivity contribution in [1.29, 1.82) is 0 Å². The Bertz CT molecular complexity index is 262. The molecule has 106 valence electrons. The molecule has 3 nitrogen and oxygen atoms in total. The fourth-order valence-electron chi connectivity index (χ4n) is 2.27. The molecular formula is C15H29NO2. The number of hydrogen-bond donors (Lipinski definition) is 1. The lowest BCUT2D eigenvalue weighted by Gasteiger charge is -2.33. The number of nitrogens with one attached hydrogen (secondary N) is 1. The summed E-state index contributed by atoms with van der Waals surface area (Å²) in [6.45, 7) is 11.7. The monoisotopic (exact) mass is 255 g/mol. The Labute approximate surface area is 112 Å². The van der Waals surface area contributed by atoms with Crippen LogP contribution < -0.4 is 5.32 Å². The molecule has 0 aliphatic carbocycles. The summed E-state index contributed by atoms with van der Waals surface area (Å²) in [7, 11) is 0. The van der Waals surface area contributed by atoms with Crippen LogP contribution in [0.15, 0.2) is 0 Å². The van der Waals surface area contributed by atoms with E-state index in [1.165, 1.54) is 0 Å². The highest BCUT2D eigenvalue weighted by Crippen LogP contribution is 2.25. The second-order valence-electron chi connectivity index (χ2n) is 6.90. The quantitative estimate of drug-likeness (QED) is 0.819. The highest BCUT2D eigenvalue weighted by atomic mass is 16.5. The van der Waals surface area contributed by atoms with E-state index in [4.69, 9.17) is 4.74 Å². The molecule has 1 fully saturated rings. The van der Waals surface area contributed by atoms with Crippen molar-refractivity contribution < 1.29 is 9.53 Å². The zero-order valence-corrected chi connectivity index (χ0v) is 12.6. The topological polar surface area (TPSA) is 38.3 Å². The largest absolute Gasteiger partial charge is 0.368 e. The highest BCUT2D eigenvalue weighted by molar-refractivity contribution is 5.81. The van der Waals surface area contributed by atoms with Crippen LogP contribution in [0.4, 0.5) is 0 Å². The van der Waals surface area contributed by atoms with E-state index >= 15 is 0 Å². The van der Waals surface area contributed by atoms with Crippen LogP contribution in [-0.2, 0) is 9.53 Å². The second-order valence-corrected chi connectivity index (χ2v) is 6.90. The predicted octanol–water partition coefficient (Wildman–Crippen LogP) is 3.13. The molecule has 1 saturated heterocycles. The number of carbonyl (C=O) groups is 1. The fraction of sp³-hybridized carbons (Fsp3) is 0.933. The molecule has 0 spiro atoms. The molecule has 0 bridgehead atoms. The van der Waals surface area contributed by atoms with Crippen molar-refractivity contribution in [3.63, 3.8) is 0 Å². The molecule has 0 aromatic carbocycles. The van der Waals surface area contributed by atoms with Gasteiger partial charge in [0.05, 0.1) is 0 Å². The van der Waals surface area contributed by atoms with Gasteiger partial charge in [-0.2, -0.15) is 0 Å². The molecule has 1 amide bonds. The summed E-state index contributed by atoms with van der Waals surface area (Å²) in [5.41, 5.74) is 0.100. The summed E-state index contributed by atoms with van der Waals surface area (Å²) in [6, 6.07) is 0.233. The third-order valence-electron chi connectivity index (χ3n) is 3.62. The molecule has 1 rings (SSSR count). The molecule has 3 heteroatoms. The van der Waals surface area contributed by atoms with Crippen molar-refractivity contribution in [3.05, 3.63) is 0 Å². The molecule has 0 saturated carbocycles. The van der Waals surface area contributed by atoms with Gasteiger partial charge in [0.2, 0.25) is 5.91 Å². The summed E-state index contributed by atoms with van der Waals surface area (Å²) >= 11 is 0. The Morgan fingerprint density at radius 2 is 2.00 bits per heavy atom. The first-order chi connectivity index (χ1) is 8.30. The van der Waals surface area contributed by atoms with E-state index < -0.39 is 0 Å². The summed E-state index contributed by atoms with van der Waals surface area (Å²) in [5.74, 6) is 0.755. The molecular weight excluding hydrogens is 226 g/mol. The molecule has 1 aliphatic heterocycles. The van der Waals surface area contributed by atoms with Crippen molar-refractivity contribution in [2.75, 3.05) is 6.61 Å². The fourth-order valence-corrected chi connectivity index (χ4v) is 2.27. The molecule has 1 aliphatic rings. The van der Waals surface area contributed by atoms with Crippen LogP contribution in [0.3, 0.4) is 0 Å². The Morgan fingerprint density at radius 1 is 1.33 bits per heavy atom. The average Bonchev–Trinajstić information content (AvgIpc) is 2.74. The zero-order valence-electron chi connectivity index (χ0n) is 12.6. The van der Waals surface area contributed by atoms with Crippen LogP contribution in [0, 0.1) is 11.3 Å².